The minimum atomic E-state index is -0.549. The number of likely N-dealkylation sites (tertiary alicyclic amines) is 1. The van der Waals surface area contributed by atoms with E-state index in [0.717, 1.165) is 42.9 Å². The normalized spacial score (nSPS) is 27.2. The first-order valence-corrected chi connectivity index (χ1v) is 9.27. The number of hydrogen-bond acceptors (Lipinski definition) is 5. The molecule has 3 saturated heterocycles. The number of rotatable bonds is 3. The van der Waals surface area contributed by atoms with Crippen LogP contribution in [-0.4, -0.2) is 58.7 Å². The highest BCUT2D eigenvalue weighted by molar-refractivity contribution is 6.05. The number of piperidine rings is 1. The van der Waals surface area contributed by atoms with E-state index in [4.69, 9.17) is 0 Å². The van der Waals surface area contributed by atoms with Gasteiger partial charge in [0, 0.05) is 43.7 Å². The van der Waals surface area contributed by atoms with E-state index in [0.29, 0.717) is 18.5 Å². The number of imide groups is 1. The van der Waals surface area contributed by atoms with E-state index < -0.39 is 6.04 Å². The van der Waals surface area contributed by atoms with Crippen LogP contribution in [0.3, 0.4) is 0 Å². The summed E-state index contributed by atoms with van der Waals surface area (Å²) in [5.74, 6) is -0.695. The summed E-state index contributed by atoms with van der Waals surface area (Å²) in [5.41, 5.74) is 3.09. The molecule has 1 aromatic carbocycles. The van der Waals surface area contributed by atoms with Crippen LogP contribution >= 0.6 is 0 Å². The molecule has 4 aliphatic rings. The van der Waals surface area contributed by atoms with Crippen molar-refractivity contribution in [3.63, 3.8) is 0 Å². The lowest BCUT2D eigenvalue weighted by molar-refractivity contribution is -0.136. The third kappa shape index (κ3) is 2.38. The number of hydrogen-bond donors (Lipinski definition) is 2. The Morgan fingerprint density at radius 2 is 2.00 bits per heavy atom. The zero-order chi connectivity index (χ0) is 17.9. The highest BCUT2D eigenvalue weighted by atomic mass is 16.2. The van der Waals surface area contributed by atoms with Crippen LogP contribution in [0.5, 0.6) is 0 Å². The Labute approximate surface area is 151 Å². The van der Waals surface area contributed by atoms with Crippen molar-refractivity contribution < 1.29 is 14.4 Å². The molecule has 4 aliphatic heterocycles. The summed E-state index contributed by atoms with van der Waals surface area (Å²) in [5, 5.41) is 5.86. The van der Waals surface area contributed by atoms with Gasteiger partial charge in [0.25, 0.3) is 5.91 Å². The quantitative estimate of drug-likeness (QED) is 0.747. The maximum atomic E-state index is 13.1. The molecule has 1 atom stereocenters. The number of nitrogens with one attached hydrogen (secondary N) is 2. The van der Waals surface area contributed by atoms with Crippen LogP contribution in [0.15, 0.2) is 18.2 Å². The Hall–Kier alpha value is -2.25. The minimum absolute atomic E-state index is 0.0814. The third-order valence-electron chi connectivity index (χ3n) is 6.19. The molecule has 0 aromatic heterocycles. The van der Waals surface area contributed by atoms with Gasteiger partial charge in [-0.3, -0.25) is 24.6 Å². The van der Waals surface area contributed by atoms with Crippen molar-refractivity contribution in [3.05, 3.63) is 34.9 Å². The van der Waals surface area contributed by atoms with E-state index >= 15 is 0 Å². The molecule has 7 nitrogen and oxygen atoms in total. The highest BCUT2D eigenvalue weighted by Crippen LogP contribution is 2.34. The molecule has 5 rings (SSSR count). The first kappa shape index (κ1) is 16.0. The fourth-order valence-electron chi connectivity index (χ4n) is 4.73. The highest BCUT2D eigenvalue weighted by Gasteiger charge is 2.47. The standard InChI is InChI=1S/C19H22N4O3/c24-15-5-4-14(17(25)21-15)23-9-13-3-1-2-12(16(13)18(23)26)8-22-10-19(11-22)6-7-20-19/h1-3,14,20H,4-11H2,(H,21,24,25). The monoisotopic (exact) mass is 354 g/mol. The molecule has 0 saturated carbocycles. The summed E-state index contributed by atoms with van der Waals surface area (Å²) in [7, 11) is 0. The predicted octanol–water partition coefficient (Wildman–Crippen LogP) is -0.00470. The molecule has 1 spiro atoms. The Kier molecular flexibility index (Phi) is 3.45. The van der Waals surface area contributed by atoms with Crippen molar-refractivity contribution in [1.82, 2.24) is 20.4 Å². The largest absolute Gasteiger partial charge is 0.322 e. The first-order chi connectivity index (χ1) is 12.5. The van der Waals surface area contributed by atoms with E-state index in [1.807, 2.05) is 18.2 Å². The Morgan fingerprint density at radius 1 is 1.19 bits per heavy atom. The minimum Gasteiger partial charge on any atom is -0.322 e. The van der Waals surface area contributed by atoms with E-state index in [9.17, 15) is 14.4 Å². The van der Waals surface area contributed by atoms with Crippen LogP contribution in [0.25, 0.3) is 0 Å². The van der Waals surface area contributed by atoms with Crippen molar-refractivity contribution in [2.45, 2.75) is 43.9 Å². The molecular formula is C19H22N4O3. The van der Waals surface area contributed by atoms with Gasteiger partial charge >= 0.3 is 0 Å². The van der Waals surface area contributed by atoms with Crippen LogP contribution in [0.4, 0.5) is 0 Å². The van der Waals surface area contributed by atoms with Crippen molar-refractivity contribution in [2.24, 2.45) is 0 Å². The topological polar surface area (TPSA) is 81.8 Å². The van der Waals surface area contributed by atoms with Crippen molar-refractivity contribution in [2.75, 3.05) is 19.6 Å². The summed E-state index contributed by atoms with van der Waals surface area (Å²) >= 11 is 0. The van der Waals surface area contributed by atoms with Crippen molar-refractivity contribution in [1.29, 1.82) is 0 Å². The smallest absolute Gasteiger partial charge is 0.255 e. The Balaban J connectivity index is 1.34. The van der Waals surface area contributed by atoms with E-state index in [1.54, 1.807) is 4.90 Å². The number of carbonyl (C=O) groups excluding carboxylic acids is 3. The van der Waals surface area contributed by atoms with E-state index in [2.05, 4.69) is 15.5 Å². The zero-order valence-corrected chi connectivity index (χ0v) is 14.6. The predicted molar refractivity (Wildman–Crippen MR) is 93.1 cm³/mol. The average Bonchev–Trinajstić information content (AvgIpc) is 2.86. The lowest BCUT2D eigenvalue weighted by Crippen LogP contribution is -2.75. The van der Waals surface area contributed by atoms with Crippen LogP contribution < -0.4 is 10.6 Å². The van der Waals surface area contributed by atoms with Gasteiger partial charge in [-0.1, -0.05) is 18.2 Å². The second-order valence-electron chi connectivity index (χ2n) is 7.95. The van der Waals surface area contributed by atoms with Crippen LogP contribution in [-0.2, 0) is 22.7 Å². The van der Waals surface area contributed by atoms with Crippen LogP contribution in [0.2, 0.25) is 0 Å². The molecule has 0 bridgehead atoms. The molecule has 2 N–H and O–H groups in total. The van der Waals surface area contributed by atoms with Gasteiger partial charge in [0.2, 0.25) is 11.8 Å². The fraction of sp³-hybridized carbons (Fsp3) is 0.526. The number of nitrogens with zero attached hydrogens (tertiary/aromatic N) is 2. The maximum absolute atomic E-state index is 13.1. The van der Waals surface area contributed by atoms with Gasteiger partial charge in [-0.2, -0.15) is 0 Å². The number of fused-ring (bicyclic) bond motifs is 1. The summed E-state index contributed by atoms with van der Waals surface area (Å²) < 4.78 is 0. The molecule has 7 heteroatoms. The van der Waals surface area contributed by atoms with Crippen molar-refractivity contribution >= 4 is 17.7 Å². The van der Waals surface area contributed by atoms with Crippen LogP contribution in [0.1, 0.15) is 40.7 Å². The van der Waals surface area contributed by atoms with Gasteiger partial charge < -0.3 is 10.2 Å². The molecular weight excluding hydrogens is 332 g/mol. The summed E-state index contributed by atoms with van der Waals surface area (Å²) in [6, 6.07) is 5.43. The Bertz CT molecular complexity index is 809. The number of amides is 3. The zero-order valence-electron chi connectivity index (χ0n) is 14.6. The average molecular weight is 354 g/mol. The van der Waals surface area contributed by atoms with Crippen LogP contribution in [0, 0.1) is 0 Å². The summed E-state index contributed by atoms with van der Waals surface area (Å²) in [6.45, 7) is 4.37. The molecule has 1 aromatic rings. The lowest BCUT2D eigenvalue weighted by atomic mass is 9.80. The lowest BCUT2D eigenvalue weighted by Gasteiger charge is -2.56. The fourth-order valence-corrected chi connectivity index (χ4v) is 4.73. The number of benzene rings is 1. The third-order valence-corrected chi connectivity index (χ3v) is 6.19. The van der Waals surface area contributed by atoms with Gasteiger partial charge in [-0.25, -0.2) is 0 Å². The van der Waals surface area contributed by atoms with Gasteiger partial charge in [0.1, 0.15) is 6.04 Å². The summed E-state index contributed by atoms with van der Waals surface area (Å²) in [6.07, 6.45) is 1.92. The molecule has 4 heterocycles. The molecule has 3 amide bonds. The molecule has 136 valence electrons. The van der Waals surface area contributed by atoms with E-state index in [1.165, 1.54) is 6.42 Å². The second kappa shape index (κ2) is 5.62. The summed E-state index contributed by atoms with van der Waals surface area (Å²) in [4.78, 5) is 40.6. The van der Waals surface area contributed by atoms with Gasteiger partial charge in [-0.15, -0.1) is 0 Å². The molecule has 0 radical (unpaired) electrons. The first-order valence-electron chi connectivity index (χ1n) is 9.27. The van der Waals surface area contributed by atoms with Crippen molar-refractivity contribution in [3.8, 4) is 0 Å². The molecule has 1 unspecified atom stereocenters. The van der Waals surface area contributed by atoms with Gasteiger partial charge in [-0.05, 0) is 30.5 Å². The molecule has 0 aliphatic carbocycles. The van der Waals surface area contributed by atoms with Gasteiger partial charge in [0.15, 0.2) is 0 Å². The molecule has 3 fully saturated rings. The van der Waals surface area contributed by atoms with Gasteiger partial charge in [0.05, 0.1) is 0 Å². The van der Waals surface area contributed by atoms with E-state index in [-0.39, 0.29) is 24.1 Å². The maximum Gasteiger partial charge on any atom is 0.255 e. The molecule has 26 heavy (non-hydrogen) atoms. The SMILES string of the molecule is O=C1CCC(N2Cc3cccc(CN4CC5(CCN5)C4)c3C2=O)C(=O)N1. The Morgan fingerprint density at radius 3 is 2.69 bits per heavy atom. The second-order valence-corrected chi connectivity index (χ2v) is 7.95. The number of carbonyl (C=O) groups is 3.